The van der Waals surface area contributed by atoms with Crippen molar-refractivity contribution in [3.63, 3.8) is 0 Å². The molecule has 0 amide bonds. The molecule has 0 unspecified atom stereocenters. The molecule has 1 aromatic carbocycles. The smallest absolute Gasteiger partial charge is 0.219 e. The molecule has 0 radical (unpaired) electrons. The van der Waals surface area contributed by atoms with Gasteiger partial charge in [0.2, 0.25) is 5.88 Å². The van der Waals surface area contributed by atoms with Crippen LogP contribution < -0.4 is 4.74 Å². The van der Waals surface area contributed by atoms with E-state index in [2.05, 4.69) is 20.9 Å². The van der Waals surface area contributed by atoms with Crippen LogP contribution >= 0.6 is 15.9 Å². The van der Waals surface area contributed by atoms with Crippen LogP contribution in [0.3, 0.4) is 0 Å². The molecule has 0 aliphatic rings. The normalized spacial score (nSPS) is 12.2. The molecular formula is C13H11BrFNO2. The molecule has 1 heterocycles. The van der Waals surface area contributed by atoms with Crippen molar-refractivity contribution in [3.05, 3.63) is 52.4 Å². The van der Waals surface area contributed by atoms with Crippen LogP contribution in [-0.4, -0.2) is 10.1 Å². The summed E-state index contributed by atoms with van der Waals surface area (Å²) < 4.78 is 19.2. The Kier molecular flexibility index (Phi) is 3.93. The van der Waals surface area contributed by atoms with Crippen LogP contribution in [0.5, 0.6) is 11.6 Å². The summed E-state index contributed by atoms with van der Waals surface area (Å²) in [5.74, 6) is 0.312. The van der Waals surface area contributed by atoms with Crippen molar-refractivity contribution in [2.24, 2.45) is 0 Å². The molecule has 0 aliphatic heterocycles. The summed E-state index contributed by atoms with van der Waals surface area (Å²) in [6.07, 6.45) is 0.945. The Hall–Kier alpha value is -1.46. The first kappa shape index (κ1) is 13.0. The maximum absolute atomic E-state index is 13.1. The Morgan fingerprint density at radius 1 is 1.33 bits per heavy atom. The molecule has 0 spiro atoms. The standard InChI is InChI=1S/C13H11BrFNO2/c1-8(17)9-2-5-13(16-7-9)18-12-6-10(15)3-4-11(12)14/h2-8,17H,1H3/t8-/m0/s1. The summed E-state index contributed by atoms with van der Waals surface area (Å²) in [7, 11) is 0. The maximum Gasteiger partial charge on any atom is 0.219 e. The van der Waals surface area contributed by atoms with Crippen molar-refractivity contribution < 1.29 is 14.2 Å². The summed E-state index contributed by atoms with van der Waals surface area (Å²) in [6, 6.07) is 7.50. The second kappa shape index (κ2) is 5.46. The first-order valence-electron chi connectivity index (χ1n) is 5.33. The highest BCUT2D eigenvalue weighted by atomic mass is 79.9. The average molecular weight is 312 g/mol. The summed E-state index contributed by atoms with van der Waals surface area (Å²) in [6.45, 7) is 1.65. The van der Waals surface area contributed by atoms with Crippen LogP contribution in [0.4, 0.5) is 4.39 Å². The SMILES string of the molecule is C[C@H](O)c1ccc(Oc2cc(F)ccc2Br)nc1. The summed E-state index contributed by atoms with van der Waals surface area (Å²) in [4.78, 5) is 4.04. The molecule has 2 rings (SSSR count). The van der Waals surface area contributed by atoms with E-state index < -0.39 is 6.10 Å². The van der Waals surface area contributed by atoms with E-state index in [1.54, 1.807) is 25.1 Å². The largest absolute Gasteiger partial charge is 0.438 e. The number of hydrogen-bond donors (Lipinski definition) is 1. The topological polar surface area (TPSA) is 42.4 Å². The number of rotatable bonds is 3. The predicted molar refractivity (Wildman–Crippen MR) is 69.0 cm³/mol. The van der Waals surface area contributed by atoms with Gasteiger partial charge in [-0.25, -0.2) is 9.37 Å². The van der Waals surface area contributed by atoms with E-state index in [1.165, 1.54) is 18.3 Å². The zero-order valence-corrected chi connectivity index (χ0v) is 11.2. The minimum atomic E-state index is -0.576. The maximum atomic E-state index is 13.1. The van der Waals surface area contributed by atoms with Gasteiger partial charge >= 0.3 is 0 Å². The van der Waals surface area contributed by atoms with Crippen LogP contribution in [0.15, 0.2) is 41.0 Å². The molecule has 18 heavy (non-hydrogen) atoms. The van der Waals surface area contributed by atoms with E-state index in [9.17, 15) is 9.50 Å². The van der Waals surface area contributed by atoms with Crippen molar-refractivity contribution in [1.82, 2.24) is 4.98 Å². The van der Waals surface area contributed by atoms with Crippen LogP contribution in [-0.2, 0) is 0 Å². The number of aliphatic hydroxyl groups is 1. The number of ether oxygens (including phenoxy) is 1. The number of nitrogens with zero attached hydrogens (tertiary/aromatic N) is 1. The van der Waals surface area contributed by atoms with Gasteiger partial charge in [0.15, 0.2) is 0 Å². The van der Waals surface area contributed by atoms with E-state index in [4.69, 9.17) is 4.74 Å². The third-order valence-electron chi connectivity index (χ3n) is 2.35. The first-order chi connectivity index (χ1) is 8.56. The van der Waals surface area contributed by atoms with E-state index >= 15 is 0 Å². The third-order valence-corrected chi connectivity index (χ3v) is 3.00. The van der Waals surface area contributed by atoms with Gasteiger partial charge in [0.05, 0.1) is 10.6 Å². The van der Waals surface area contributed by atoms with Gasteiger partial charge in [0.1, 0.15) is 11.6 Å². The van der Waals surface area contributed by atoms with Crippen LogP contribution in [0.2, 0.25) is 0 Å². The lowest BCUT2D eigenvalue weighted by atomic mass is 10.2. The Morgan fingerprint density at radius 2 is 2.11 bits per heavy atom. The van der Waals surface area contributed by atoms with Gasteiger partial charge in [-0.15, -0.1) is 0 Å². The molecule has 0 fully saturated rings. The molecule has 0 saturated carbocycles. The van der Waals surface area contributed by atoms with E-state index in [1.807, 2.05) is 0 Å². The van der Waals surface area contributed by atoms with E-state index in [0.717, 1.165) is 0 Å². The summed E-state index contributed by atoms with van der Waals surface area (Å²) in [5, 5.41) is 9.35. The molecule has 5 heteroatoms. The van der Waals surface area contributed by atoms with Crippen molar-refractivity contribution in [2.45, 2.75) is 13.0 Å². The summed E-state index contributed by atoms with van der Waals surface area (Å²) >= 11 is 3.27. The Labute approximate surface area is 112 Å². The van der Waals surface area contributed by atoms with E-state index in [-0.39, 0.29) is 5.82 Å². The van der Waals surface area contributed by atoms with Gasteiger partial charge in [-0.05, 0) is 46.6 Å². The van der Waals surface area contributed by atoms with Crippen LogP contribution in [0.25, 0.3) is 0 Å². The fourth-order valence-electron chi connectivity index (χ4n) is 1.37. The fraction of sp³-hybridized carbons (Fsp3) is 0.154. The van der Waals surface area contributed by atoms with Gasteiger partial charge in [-0.1, -0.05) is 0 Å². The lowest BCUT2D eigenvalue weighted by molar-refractivity contribution is 0.198. The lowest BCUT2D eigenvalue weighted by Gasteiger charge is -2.08. The number of aliphatic hydroxyl groups excluding tert-OH is 1. The Bertz CT molecular complexity index is 543. The number of halogens is 2. The first-order valence-corrected chi connectivity index (χ1v) is 6.12. The van der Waals surface area contributed by atoms with Crippen molar-refractivity contribution in [1.29, 1.82) is 0 Å². The molecule has 1 atom stereocenters. The van der Waals surface area contributed by atoms with Gasteiger partial charge < -0.3 is 9.84 Å². The number of hydrogen-bond acceptors (Lipinski definition) is 3. The highest BCUT2D eigenvalue weighted by Crippen LogP contribution is 2.29. The second-order valence-corrected chi connectivity index (χ2v) is 4.64. The Morgan fingerprint density at radius 3 is 2.72 bits per heavy atom. The zero-order valence-electron chi connectivity index (χ0n) is 9.60. The molecule has 2 aromatic rings. The molecule has 1 N–H and O–H groups in total. The highest BCUT2D eigenvalue weighted by molar-refractivity contribution is 9.10. The van der Waals surface area contributed by atoms with Gasteiger partial charge in [-0.2, -0.15) is 0 Å². The highest BCUT2D eigenvalue weighted by Gasteiger charge is 2.06. The molecule has 1 aromatic heterocycles. The summed E-state index contributed by atoms with van der Waals surface area (Å²) in [5.41, 5.74) is 0.695. The molecule has 0 bridgehead atoms. The number of benzene rings is 1. The number of pyridine rings is 1. The fourth-order valence-corrected chi connectivity index (χ4v) is 1.69. The molecular weight excluding hydrogens is 301 g/mol. The minimum Gasteiger partial charge on any atom is -0.438 e. The van der Waals surface area contributed by atoms with Gasteiger partial charge in [0.25, 0.3) is 0 Å². The minimum absolute atomic E-state index is 0.339. The average Bonchev–Trinajstić information content (AvgIpc) is 2.34. The monoisotopic (exact) mass is 311 g/mol. The third kappa shape index (κ3) is 3.05. The van der Waals surface area contributed by atoms with Crippen LogP contribution in [0, 0.1) is 5.82 Å². The zero-order chi connectivity index (χ0) is 13.1. The quantitative estimate of drug-likeness (QED) is 0.936. The number of aromatic nitrogens is 1. The van der Waals surface area contributed by atoms with Gasteiger partial charge in [0, 0.05) is 18.3 Å². The Balaban J connectivity index is 2.21. The molecule has 0 saturated heterocycles. The molecule has 3 nitrogen and oxygen atoms in total. The van der Waals surface area contributed by atoms with Crippen LogP contribution in [0.1, 0.15) is 18.6 Å². The van der Waals surface area contributed by atoms with Crippen molar-refractivity contribution in [3.8, 4) is 11.6 Å². The van der Waals surface area contributed by atoms with Crippen molar-refractivity contribution in [2.75, 3.05) is 0 Å². The lowest BCUT2D eigenvalue weighted by Crippen LogP contribution is -1.94. The molecule has 0 aliphatic carbocycles. The predicted octanol–water partition coefficient (Wildman–Crippen LogP) is 3.83. The van der Waals surface area contributed by atoms with E-state index in [0.29, 0.717) is 21.7 Å². The van der Waals surface area contributed by atoms with Crippen molar-refractivity contribution >= 4 is 15.9 Å². The molecule has 94 valence electrons. The second-order valence-electron chi connectivity index (χ2n) is 3.78. The van der Waals surface area contributed by atoms with Gasteiger partial charge in [-0.3, -0.25) is 0 Å².